The van der Waals surface area contributed by atoms with Crippen LogP contribution in [0.3, 0.4) is 0 Å². The smallest absolute Gasteiger partial charge is 0.261 e. The molecular weight excluding hydrogens is 379 g/mol. The highest BCUT2D eigenvalue weighted by atomic mass is 32.2. The van der Waals surface area contributed by atoms with Crippen molar-refractivity contribution in [1.82, 2.24) is 4.98 Å². The lowest BCUT2D eigenvalue weighted by Crippen LogP contribution is -2.13. The molecule has 1 heterocycles. The largest absolute Gasteiger partial charge is 0.491 e. The number of anilines is 1. The second kappa shape index (κ2) is 9.14. The zero-order valence-corrected chi connectivity index (χ0v) is 15.8. The van der Waals surface area contributed by atoms with Gasteiger partial charge in [-0.2, -0.15) is 0 Å². The van der Waals surface area contributed by atoms with Crippen LogP contribution in [0.25, 0.3) is 12.2 Å². The van der Waals surface area contributed by atoms with Gasteiger partial charge in [0.2, 0.25) is 0 Å². The number of alkyl halides is 1. The molecule has 0 amide bonds. The van der Waals surface area contributed by atoms with Gasteiger partial charge in [-0.05, 0) is 53.6 Å². The molecule has 5 nitrogen and oxygen atoms in total. The monoisotopic (exact) mass is 398 g/mol. The number of aromatic nitrogens is 1. The van der Waals surface area contributed by atoms with Crippen LogP contribution in [0, 0.1) is 0 Å². The Kier molecular flexibility index (Phi) is 6.39. The van der Waals surface area contributed by atoms with Gasteiger partial charge >= 0.3 is 0 Å². The molecule has 0 fully saturated rings. The molecule has 144 valence electrons. The van der Waals surface area contributed by atoms with Crippen LogP contribution < -0.4 is 9.46 Å². The minimum Gasteiger partial charge on any atom is -0.491 e. The van der Waals surface area contributed by atoms with Crippen molar-refractivity contribution in [1.29, 1.82) is 0 Å². The standard InChI is InChI=1S/C21H19FN2O3S/c22-13-16-27-19-7-9-20(10-8-19)28(25,26)24-21-4-2-1-3-18(21)6-5-17-11-14-23-15-12-17/h1-12,14-15,24H,13,16H2. The maximum absolute atomic E-state index is 12.7. The third-order valence-electron chi connectivity index (χ3n) is 3.85. The quantitative estimate of drug-likeness (QED) is 0.611. The van der Waals surface area contributed by atoms with Crippen LogP contribution in [-0.2, 0) is 10.0 Å². The number of nitrogens with zero attached hydrogens (tertiary/aromatic N) is 1. The topological polar surface area (TPSA) is 68.3 Å². The molecule has 1 N–H and O–H groups in total. The average Bonchev–Trinajstić information content (AvgIpc) is 2.72. The number of pyridine rings is 1. The maximum Gasteiger partial charge on any atom is 0.261 e. The first-order valence-electron chi connectivity index (χ1n) is 8.57. The summed E-state index contributed by atoms with van der Waals surface area (Å²) < 4.78 is 45.3. The third-order valence-corrected chi connectivity index (χ3v) is 5.23. The molecule has 7 heteroatoms. The van der Waals surface area contributed by atoms with E-state index in [4.69, 9.17) is 4.74 Å². The predicted octanol–water partition coefficient (Wildman–Crippen LogP) is 4.40. The minimum atomic E-state index is -3.78. The SMILES string of the molecule is O=S(=O)(Nc1ccccc1C=Cc1ccncc1)c1ccc(OCCF)cc1. The van der Waals surface area contributed by atoms with E-state index in [1.54, 1.807) is 24.5 Å². The fourth-order valence-corrected chi connectivity index (χ4v) is 3.56. The summed E-state index contributed by atoms with van der Waals surface area (Å²) in [5.74, 6) is 0.414. The molecule has 28 heavy (non-hydrogen) atoms. The Bertz CT molecular complexity index is 1040. The van der Waals surface area contributed by atoms with E-state index in [-0.39, 0.29) is 11.5 Å². The van der Waals surface area contributed by atoms with Crippen molar-refractivity contribution < 1.29 is 17.5 Å². The molecule has 0 atom stereocenters. The Balaban J connectivity index is 1.80. The van der Waals surface area contributed by atoms with Gasteiger partial charge in [-0.3, -0.25) is 9.71 Å². The van der Waals surface area contributed by atoms with Crippen molar-refractivity contribution in [3.05, 3.63) is 84.2 Å². The lowest BCUT2D eigenvalue weighted by molar-refractivity contribution is 0.273. The van der Waals surface area contributed by atoms with Gasteiger partial charge in [0.05, 0.1) is 10.6 Å². The third kappa shape index (κ3) is 5.17. The second-order valence-electron chi connectivity index (χ2n) is 5.82. The first-order valence-corrected chi connectivity index (χ1v) is 10.1. The maximum atomic E-state index is 12.7. The molecule has 0 aliphatic carbocycles. The molecule has 0 aliphatic heterocycles. The predicted molar refractivity (Wildman–Crippen MR) is 108 cm³/mol. The van der Waals surface area contributed by atoms with E-state index in [0.717, 1.165) is 11.1 Å². The number of halogens is 1. The summed E-state index contributed by atoms with van der Waals surface area (Å²) in [5, 5.41) is 0. The van der Waals surface area contributed by atoms with Crippen molar-refractivity contribution in [2.75, 3.05) is 18.0 Å². The summed E-state index contributed by atoms with van der Waals surface area (Å²) in [6.45, 7) is -0.674. The number of hydrogen-bond donors (Lipinski definition) is 1. The highest BCUT2D eigenvalue weighted by Crippen LogP contribution is 2.23. The van der Waals surface area contributed by atoms with Crippen molar-refractivity contribution in [3.8, 4) is 5.75 Å². The average molecular weight is 398 g/mol. The first kappa shape index (κ1) is 19.6. The Morgan fingerprint density at radius 2 is 1.68 bits per heavy atom. The molecule has 0 unspecified atom stereocenters. The Morgan fingerprint density at radius 1 is 0.964 bits per heavy atom. The Labute approximate surface area is 163 Å². The molecule has 3 rings (SSSR count). The number of ether oxygens (including phenoxy) is 1. The van der Waals surface area contributed by atoms with Gasteiger partial charge in [-0.1, -0.05) is 30.4 Å². The van der Waals surface area contributed by atoms with Gasteiger partial charge in [0.25, 0.3) is 10.0 Å². The molecule has 0 aliphatic rings. The van der Waals surface area contributed by atoms with E-state index < -0.39 is 16.7 Å². The fourth-order valence-electron chi connectivity index (χ4n) is 2.47. The van der Waals surface area contributed by atoms with Crippen molar-refractivity contribution in [2.24, 2.45) is 0 Å². The van der Waals surface area contributed by atoms with Gasteiger partial charge in [-0.25, -0.2) is 12.8 Å². The lowest BCUT2D eigenvalue weighted by atomic mass is 10.1. The molecule has 0 spiro atoms. The van der Waals surface area contributed by atoms with Crippen LogP contribution in [0.2, 0.25) is 0 Å². The molecule has 1 aromatic heterocycles. The summed E-state index contributed by atoms with van der Waals surface area (Å²) in [6, 6.07) is 16.7. The van der Waals surface area contributed by atoms with Gasteiger partial charge < -0.3 is 4.74 Å². The number of sulfonamides is 1. The van der Waals surface area contributed by atoms with Crippen molar-refractivity contribution >= 4 is 27.9 Å². The van der Waals surface area contributed by atoms with E-state index in [0.29, 0.717) is 11.4 Å². The minimum absolute atomic E-state index is 0.0679. The van der Waals surface area contributed by atoms with Crippen LogP contribution in [0.5, 0.6) is 5.75 Å². The summed E-state index contributed by atoms with van der Waals surface area (Å²) in [5.41, 5.74) is 2.15. The van der Waals surface area contributed by atoms with E-state index in [2.05, 4.69) is 9.71 Å². The van der Waals surface area contributed by atoms with E-state index >= 15 is 0 Å². The van der Waals surface area contributed by atoms with Crippen LogP contribution in [-0.4, -0.2) is 26.7 Å². The highest BCUT2D eigenvalue weighted by molar-refractivity contribution is 7.92. The summed E-state index contributed by atoms with van der Waals surface area (Å²) in [6.07, 6.45) is 7.09. The number of para-hydroxylation sites is 1. The van der Waals surface area contributed by atoms with Crippen LogP contribution in [0.1, 0.15) is 11.1 Å². The molecule has 0 bridgehead atoms. The summed E-state index contributed by atoms with van der Waals surface area (Å²) in [4.78, 5) is 4.06. The zero-order chi connectivity index (χ0) is 19.8. The Morgan fingerprint density at radius 3 is 2.39 bits per heavy atom. The van der Waals surface area contributed by atoms with Crippen LogP contribution in [0.15, 0.2) is 78.0 Å². The summed E-state index contributed by atoms with van der Waals surface area (Å²) in [7, 11) is -3.78. The number of hydrogen-bond acceptors (Lipinski definition) is 4. The number of rotatable bonds is 8. The molecule has 0 saturated heterocycles. The van der Waals surface area contributed by atoms with Gasteiger partial charge in [0.15, 0.2) is 0 Å². The molecule has 0 radical (unpaired) electrons. The second-order valence-corrected chi connectivity index (χ2v) is 7.50. The van der Waals surface area contributed by atoms with Crippen molar-refractivity contribution in [3.63, 3.8) is 0 Å². The van der Waals surface area contributed by atoms with Gasteiger partial charge in [-0.15, -0.1) is 0 Å². The lowest BCUT2D eigenvalue weighted by Gasteiger charge is -2.11. The Hall–Kier alpha value is -3.19. The fraction of sp³-hybridized carbons (Fsp3) is 0.0952. The molecular formula is C21H19FN2O3S. The molecule has 3 aromatic rings. The van der Waals surface area contributed by atoms with E-state index in [1.165, 1.54) is 24.3 Å². The number of benzene rings is 2. The molecule has 2 aromatic carbocycles. The van der Waals surface area contributed by atoms with E-state index in [1.807, 2.05) is 36.4 Å². The van der Waals surface area contributed by atoms with Crippen LogP contribution >= 0.6 is 0 Å². The van der Waals surface area contributed by atoms with Crippen LogP contribution in [0.4, 0.5) is 10.1 Å². The zero-order valence-electron chi connectivity index (χ0n) is 15.0. The highest BCUT2D eigenvalue weighted by Gasteiger charge is 2.15. The normalized spacial score (nSPS) is 11.5. The first-order chi connectivity index (χ1) is 13.6. The van der Waals surface area contributed by atoms with E-state index in [9.17, 15) is 12.8 Å². The van der Waals surface area contributed by atoms with Gasteiger partial charge in [0.1, 0.15) is 19.0 Å². The molecule has 0 saturated carbocycles. The number of nitrogens with one attached hydrogen (secondary N) is 1. The van der Waals surface area contributed by atoms with Gasteiger partial charge in [0, 0.05) is 12.4 Å². The summed E-state index contributed by atoms with van der Waals surface area (Å²) >= 11 is 0. The van der Waals surface area contributed by atoms with Crippen molar-refractivity contribution in [2.45, 2.75) is 4.90 Å².